The highest BCUT2D eigenvalue weighted by molar-refractivity contribution is 4.96. The molecular formula is C11H18N2O. The molecule has 2 atom stereocenters. The van der Waals surface area contributed by atoms with Gasteiger partial charge in [-0.25, -0.2) is 0 Å². The molecule has 0 amide bonds. The summed E-state index contributed by atoms with van der Waals surface area (Å²) in [5.74, 6) is 0. The third-order valence-corrected chi connectivity index (χ3v) is 2.76. The number of ether oxygens (including phenoxy) is 1. The molecule has 1 aliphatic heterocycles. The zero-order valence-electron chi connectivity index (χ0n) is 8.65. The van der Waals surface area contributed by atoms with Crippen LogP contribution in [0.5, 0.6) is 0 Å². The molecule has 2 rings (SSSR count). The van der Waals surface area contributed by atoms with E-state index in [2.05, 4.69) is 12.3 Å². The van der Waals surface area contributed by atoms with Gasteiger partial charge in [0.05, 0.1) is 6.10 Å². The topological polar surface area (TPSA) is 26.2 Å². The summed E-state index contributed by atoms with van der Waals surface area (Å²) in [7, 11) is 0. The van der Waals surface area contributed by atoms with Crippen molar-refractivity contribution in [3.8, 4) is 0 Å². The minimum Gasteiger partial charge on any atom is -0.378 e. The smallest absolute Gasteiger partial charge is 0.0592 e. The minimum absolute atomic E-state index is 0.441. The Morgan fingerprint density at radius 1 is 1.43 bits per heavy atom. The van der Waals surface area contributed by atoms with Gasteiger partial charge < -0.3 is 10.2 Å². The molecule has 0 aliphatic carbocycles. The number of aromatic nitrogens is 1. The lowest BCUT2D eigenvalue weighted by Gasteiger charge is -2.30. The van der Waals surface area contributed by atoms with Crippen LogP contribution in [-0.4, -0.2) is 23.4 Å². The van der Waals surface area contributed by atoms with Crippen LogP contribution in [0.2, 0.25) is 0 Å². The first-order chi connectivity index (χ1) is 6.88. The van der Waals surface area contributed by atoms with Gasteiger partial charge >= 0.3 is 0 Å². The van der Waals surface area contributed by atoms with Gasteiger partial charge in [-0.05, 0) is 31.4 Å². The molecule has 1 saturated heterocycles. The fourth-order valence-electron chi connectivity index (χ4n) is 1.91. The molecule has 1 fully saturated rings. The van der Waals surface area contributed by atoms with Crippen molar-refractivity contribution >= 4 is 0 Å². The average Bonchev–Trinajstić information content (AvgIpc) is 2.71. The molecule has 1 aliphatic rings. The van der Waals surface area contributed by atoms with E-state index in [0.717, 1.165) is 25.9 Å². The van der Waals surface area contributed by atoms with E-state index in [1.165, 1.54) is 0 Å². The molecule has 0 aromatic carbocycles. The Bertz CT molecular complexity index is 258. The molecule has 3 nitrogen and oxygen atoms in total. The highest BCUT2D eigenvalue weighted by Gasteiger charge is 2.20. The van der Waals surface area contributed by atoms with Crippen LogP contribution in [0.15, 0.2) is 24.5 Å². The van der Waals surface area contributed by atoms with E-state index in [1.54, 1.807) is 0 Å². The molecule has 14 heavy (non-hydrogen) atoms. The van der Waals surface area contributed by atoms with Crippen LogP contribution in [0.25, 0.3) is 0 Å². The maximum absolute atomic E-state index is 5.63. The van der Waals surface area contributed by atoms with Gasteiger partial charge in [0, 0.05) is 25.0 Å². The number of nitrogens with zero attached hydrogens (tertiary/aromatic N) is 1. The Balaban J connectivity index is 1.86. The second-order valence-electron chi connectivity index (χ2n) is 3.84. The molecule has 0 bridgehead atoms. The van der Waals surface area contributed by atoms with Gasteiger partial charge in [0.25, 0.3) is 0 Å². The molecule has 0 radical (unpaired) electrons. The fraction of sp³-hybridized carbons (Fsp3) is 0.636. The quantitative estimate of drug-likeness (QED) is 0.796. The molecule has 1 N–H and O–H groups in total. The predicted molar refractivity (Wildman–Crippen MR) is 56.8 cm³/mol. The number of rotatable bonds is 3. The minimum atomic E-state index is 0.441. The highest BCUT2D eigenvalue weighted by atomic mass is 16.5. The van der Waals surface area contributed by atoms with E-state index in [0.29, 0.717) is 12.1 Å². The first-order valence-corrected chi connectivity index (χ1v) is 5.39. The summed E-state index contributed by atoms with van der Waals surface area (Å²) in [6, 6.07) is 4.62. The lowest BCUT2D eigenvalue weighted by atomic mass is 10.0. The van der Waals surface area contributed by atoms with Crippen molar-refractivity contribution in [2.45, 2.75) is 38.3 Å². The maximum Gasteiger partial charge on any atom is 0.0592 e. The Morgan fingerprint density at radius 3 is 2.93 bits per heavy atom. The zero-order valence-corrected chi connectivity index (χ0v) is 8.65. The van der Waals surface area contributed by atoms with E-state index in [9.17, 15) is 0 Å². The van der Waals surface area contributed by atoms with E-state index in [1.807, 2.05) is 29.2 Å². The summed E-state index contributed by atoms with van der Waals surface area (Å²) in [4.78, 5) is 0. The van der Waals surface area contributed by atoms with Gasteiger partial charge in [0.15, 0.2) is 0 Å². The van der Waals surface area contributed by atoms with Crippen molar-refractivity contribution in [2.75, 3.05) is 12.0 Å². The SMILES string of the molecule is CCC1CC(Nn2cccc2)CCO1. The first kappa shape index (κ1) is 9.59. The summed E-state index contributed by atoms with van der Waals surface area (Å²) in [6.45, 7) is 3.07. The Kier molecular flexibility index (Phi) is 3.09. The second kappa shape index (κ2) is 4.51. The number of hydrogen-bond donors (Lipinski definition) is 1. The summed E-state index contributed by atoms with van der Waals surface area (Å²) in [5.41, 5.74) is 3.46. The van der Waals surface area contributed by atoms with Crippen molar-refractivity contribution in [1.82, 2.24) is 4.68 Å². The Labute approximate surface area is 85.0 Å². The third kappa shape index (κ3) is 2.29. The molecular weight excluding hydrogens is 176 g/mol. The average molecular weight is 194 g/mol. The van der Waals surface area contributed by atoms with Crippen LogP contribution in [0, 0.1) is 0 Å². The van der Waals surface area contributed by atoms with Gasteiger partial charge in [0.2, 0.25) is 0 Å². The number of nitrogens with one attached hydrogen (secondary N) is 1. The largest absolute Gasteiger partial charge is 0.378 e. The van der Waals surface area contributed by atoms with Gasteiger partial charge in [-0.1, -0.05) is 6.92 Å². The molecule has 2 heterocycles. The second-order valence-corrected chi connectivity index (χ2v) is 3.84. The van der Waals surface area contributed by atoms with Crippen LogP contribution in [0.1, 0.15) is 26.2 Å². The number of hydrogen-bond acceptors (Lipinski definition) is 2. The monoisotopic (exact) mass is 194 g/mol. The van der Waals surface area contributed by atoms with Crippen molar-refractivity contribution in [3.05, 3.63) is 24.5 Å². The van der Waals surface area contributed by atoms with Crippen LogP contribution < -0.4 is 5.43 Å². The molecule has 1 aromatic rings. The fourth-order valence-corrected chi connectivity index (χ4v) is 1.91. The Morgan fingerprint density at radius 2 is 2.21 bits per heavy atom. The van der Waals surface area contributed by atoms with Crippen LogP contribution in [-0.2, 0) is 4.74 Å². The molecule has 0 spiro atoms. The molecule has 3 heteroatoms. The lowest BCUT2D eigenvalue weighted by Crippen LogP contribution is -2.37. The van der Waals surface area contributed by atoms with Gasteiger partial charge in [-0.15, -0.1) is 0 Å². The standard InChI is InChI=1S/C11H18N2O/c1-2-11-9-10(5-8-14-11)12-13-6-3-4-7-13/h3-4,6-7,10-12H,2,5,8-9H2,1H3. The van der Waals surface area contributed by atoms with Gasteiger partial charge in [0.1, 0.15) is 0 Å². The molecule has 78 valence electrons. The van der Waals surface area contributed by atoms with Crippen molar-refractivity contribution in [3.63, 3.8) is 0 Å². The van der Waals surface area contributed by atoms with Gasteiger partial charge in [-0.2, -0.15) is 0 Å². The molecule has 1 aromatic heterocycles. The first-order valence-electron chi connectivity index (χ1n) is 5.39. The van der Waals surface area contributed by atoms with E-state index in [-0.39, 0.29) is 0 Å². The van der Waals surface area contributed by atoms with E-state index >= 15 is 0 Å². The van der Waals surface area contributed by atoms with E-state index in [4.69, 9.17) is 4.74 Å². The summed E-state index contributed by atoms with van der Waals surface area (Å²) in [5, 5.41) is 0. The zero-order chi connectivity index (χ0) is 9.80. The van der Waals surface area contributed by atoms with Crippen LogP contribution >= 0.6 is 0 Å². The normalized spacial score (nSPS) is 27.5. The van der Waals surface area contributed by atoms with Crippen LogP contribution in [0.4, 0.5) is 0 Å². The van der Waals surface area contributed by atoms with E-state index < -0.39 is 0 Å². The predicted octanol–water partition coefficient (Wildman–Crippen LogP) is 1.99. The molecule has 0 saturated carbocycles. The lowest BCUT2D eigenvalue weighted by molar-refractivity contribution is 0.00752. The third-order valence-electron chi connectivity index (χ3n) is 2.76. The summed E-state index contributed by atoms with van der Waals surface area (Å²) >= 11 is 0. The van der Waals surface area contributed by atoms with Gasteiger partial charge in [-0.3, -0.25) is 4.68 Å². The van der Waals surface area contributed by atoms with Crippen LogP contribution in [0.3, 0.4) is 0 Å². The molecule has 2 unspecified atom stereocenters. The van der Waals surface area contributed by atoms with Crippen molar-refractivity contribution in [2.24, 2.45) is 0 Å². The Hall–Kier alpha value is -0.960. The van der Waals surface area contributed by atoms with Crippen molar-refractivity contribution in [1.29, 1.82) is 0 Å². The highest BCUT2D eigenvalue weighted by Crippen LogP contribution is 2.16. The maximum atomic E-state index is 5.63. The van der Waals surface area contributed by atoms with Crippen molar-refractivity contribution < 1.29 is 4.74 Å². The summed E-state index contributed by atoms with van der Waals surface area (Å²) < 4.78 is 7.66. The summed E-state index contributed by atoms with van der Waals surface area (Å²) in [6.07, 6.45) is 7.86.